The molecule has 0 fully saturated rings. The summed E-state index contributed by atoms with van der Waals surface area (Å²) in [6, 6.07) is 14.1. The first-order chi connectivity index (χ1) is 16.0. The lowest BCUT2D eigenvalue weighted by Crippen LogP contribution is -2.52. The molecule has 7 nitrogen and oxygen atoms in total. The van der Waals surface area contributed by atoms with Crippen LogP contribution in [-0.2, 0) is 32.6 Å². The van der Waals surface area contributed by atoms with E-state index in [2.05, 4.69) is 5.32 Å². The molecule has 186 valence electrons. The Labute approximate surface area is 204 Å². The van der Waals surface area contributed by atoms with Crippen LogP contribution in [0.1, 0.15) is 50.8 Å². The highest BCUT2D eigenvalue weighted by molar-refractivity contribution is 7.92. The predicted octanol–water partition coefficient (Wildman–Crippen LogP) is 3.66. The fraction of sp³-hybridized carbons (Fsp3) is 0.462. The summed E-state index contributed by atoms with van der Waals surface area (Å²) < 4.78 is 26.6. The van der Waals surface area contributed by atoms with E-state index in [-0.39, 0.29) is 25.0 Å². The molecule has 1 N–H and O–H groups in total. The maximum atomic E-state index is 13.6. The molecule has 0 spiro atoms. The minimum absolute atomic E-state index is 0.0322. The van der Waals surface area contributed by atoms with Gasteiger partial charge in [0.1, 0.15) is 12.6 Å². The zero-order chi connectivity index (χ0) is 25.5. The second-order valence-corrected chi connectivity index (χ2v) is 10.7. The van der Waals surface area contributed by atoms with E-state index < -0.39 is 22.0 Å². The molecule has 0 saturated heterocycles. The van der Waals surface area contributed by atoms with E-state index >= 15 is 0 Å². The largest absolute Gasteiger partial charge is 0.352 e. The Bertz CT molecular complexity index is 1080. The molecule has 0 aliphatic heterocycles. The topological polar surface area (TPSA) is 86.8 Å². The highest BCUT2D eigenvalue weighted by Gasteiger charge is 2.31. The summed E-state index contributed by atoms with van der Waals surface area (Å²) in [7, 11) is -3.74. The maximum absolute atomic E-state index is 13.6. The average molecular weight is 488 g/mol. The van der Waals surface area contributed by atoms with Crippen molar-refractivity contribution in [3.05, 3.63) is 65.2 Å². The van der Waals surface area contributed by atoms with E-state index in [1.165, 1.54) is 4.90 Å². The Morgan fingerprint density at radius 3 is 2.18 bits per heavy atom. The van der Waals surface area contributed by atoms with Gasteiger partial charge < -0.3 is 10.2 Å². The van der Waals surface area contributed by atoms with Crippen molar-refractivity contribution in [1.29, 1.82) is 0 Å². The van der Waals surface area contributed by atoms with Crippen molar-refractivity contribution in [3.8, 4) is 0 Å². The summed E-state index contributed by atoms with van der Waals surface area (Å²) in [5.41, 5.74) is 3.26. The maximum Gasteiger partial charge on any atom is 0.244 e. The van der Waals surface area contributed by atoms with Crippen LogP contribution in [0.15, 0.2) is 48.5 Å². The van der Waals surface area contributed by atoms with Crippen molar-refractivity contribution in [2.24, 2.45) is 0 Å². The van der Waals surface area contributed by atoms with E-state index in [0.29, 0.717) is 12.1 Å². The first kappa shape index (κ1) is 27.4. The lowest BCUT2D eigenvalue weighted by molar-refractivity contribution is -0.139. The summed E-state index contributed by atoms with van der Waals surface area (Å²) in [4.78, 5) is 28.0. The molecule has 2 aromatic rings. The smallest absolute Gasteiger partial charge is 0.244 e. The molecule has 0 bridgehead atoms. The molecule has 2 aromatic carbocycles. The molecule has 0 aromatic heterocycles. The van der Waals surface area contributed by atoms with Crippen LogP contribution >= 0.6 is 0 Å². The third-order valence-corrected chi connectivity index (χ3v) is 7.09. The standard InChI is InChI=1S/C26H37N3O4S/c1-7-20(4)27-26(31)21(5)28(17-22-15-13-19(3)14-16-22)25(30)18-29(34(6,32)33)24-12-10-9-11-23(24)8-2/h9-16,20-21H,7-8,17-18H2,1-6H3,(H,27,31)/t20-,21+/m1/s1. The van der Waals surface area contributed by atoms with Crippen LogP contribution in [0.2, 0.25) is 0 Å². The summed E-state index contributed by atoms with van der Waals surface area (Å²) in [6.45, 7) is 9.28. The summed E-state index contributed by atoms with van der Waals surface area (Å²) in [5.74, 6) is -0.710. The van der Waals surface area contributed by atoms with Gasteiger partial charge in [0.05, 0.1) is 11.9 Å². The van der Waals surface area contributed by atoms with Crippen LogP contribution in [0.5, 0.6) is 0 Å². The highest BCUT2D eigenvalue weighted by Crippen LogP contribution is 2.24. The minimum atomic E-state index is -3.74. The van der Waals surface area contributed by atoms with Crippen LogP contribution in [0, 0.1) is 6.92 Å². The molecule has 8 heteroatoms. The monoisotopic (exact) mass is 487 g/mol. The second-order valence-electron chi connectivity index (χ2n) is 8.75. The molecular weight excluding hydrogens is 450 g/mol. The Morgan fingerprint density at radius 2 is 1.62 bits per heavy atom. The Kier molecular flexibility index (Phi) is 9.67. The quantitative estimate of drug-likeness (QED) is 0.524. The van der Waals surface area contributed by atoms with E-state index in [0.717, 1.165) is 33.7 Å². The summed E-state index contributed by atoms with van der Waals surface area (Å²) >= 11 is 0. The zero-order valence-electron chi connectivity index (χ0n) is 21.0. The van der Waals surface area contributed by atoms with Crippen LogP contribution in [0.25, 0.3) is 0 Å². The van der Waals surface area contributed by atoms with Gasteiger partial charge >= 0.3 is 0 Å². The molecule has 0 saturated carbocycles. The van der Waals surface area contributed by atoms with Crippen LogP contribution in [-0.4, -0.2) is 50.0 Å². The molecular formula is C26H37N3O4S. The molecule has 2 atom stereocenters. The second kappa shape index (κ2) is 12.0. The van der Waals surface area contributed by atoms with Crippen molar-refractivity contribution in [2.75, 3.05) is 17.1 Å². The van der Waals surface area contributed by atoms with Gasteiger partial charge in [-0.3, -0.25) is 13.9 Å². The number of rotatable bonds is 11. The number of carbonyl (C=O) groups excluding carboxylic acids is 2. The predicted molar refractivity (Wildman–Crippen MR) is 137 cm³/mol. The highest BCUT2D eigenvalue weighted by atomic mass is 32.2. The number of nitrogens with zero attached hydrogens (tertiary/aromatic N) is 2. The molecule has 0 radical (unpaired) electrons. The van der Waals surface area contributed by atoms with Crippen molar-refractivity contribution < 1.29 is 18.0 Å². The molecule has 0 aliphatic carbocycles. The number of para-hydroxylation sites is 1. The Hall–Kier alpha value is -2.87. The first-order valence-corrected chi connectivity index (χ1v) is 13.5. The number of hydrogen-bond acceptors (Lipinski definition) is 4. The fourth-order valence-corrected chi connectivity index (χ4v) is 4.47. The SMILES string of the molecule is CCc1ccccc1N(CC(=O)N(Cc1ccc(C)cc1)[C@@H](C)C(=O)N[C@H](C)CC)S(C)(=O)=O. The van der Waals surface area contributed by atoms with E-state index in [1.807, 2.05) is 64.1 Å². The third kappa shape index (κ3) is 7.32. The Morgan fingerprint density at radius 1 is 1.00 bits per heavy atom. The van der Waals surface area contributed by atoms with Gasteiger partial charge in [0.2, 0.25) is 21.8 Å². The van der Waals surface area contributed by atoms with Gasteiger partial charge in [0.25, 0.3) is 0 Å². The van der Waals surface area contributed by atoms with Gasteiger partial charge in [-0.05, 0) is 50.8 Å². The van der Waals surface area contributed by atoms with Gasteiger partial charge in [-0.2, -0.15) is 0 Å². The fourth-order valence-electron chi connectivity index (χ4n) is 3.59. The lowest BCUT2D eigenvalue weighted by atomic mass is 10.1. The van der Waals surface area contributed by atoms with Crippen molar-refractivity contribution in [2.45, 2.75) is 66.1 Å². The number of amides is 2. The van der Waals surface area contributed by atoms with E-state index in [9.17, 15) is 18.0 Å². The molecule has 2 amide bonds. The van der Waals surface area contributed by atoms with Crippen molar-refractivity contribution >= 4 is 27.5 Å². The molecule has 34 heavy (non-hydrogen) atoms. The number of anilines is 1. The normalized spacial score (nSPS) is 13.1. The van der Waals surface area contributed by atoms with Crippen molar-refractivity contribution in [3.63, 3.8) is 0 Å². The number of sulfonamides is 1. The van der Waals surface area contributed by atoms with Gasteiger partial charge in [-0.1, -0.05) is 61.9 Å². The number of hydrogen-bond donors (Lipinski definition) is 1. The summed E-state index contributed by atoms with van der Waals surface area (Å²) in [5, 5.41) is 2.93. The van der Waals surface area contributed by atoms with Gasteiger partial charge in [-0.25, -0.2) is 8.42 Å². The molecule has 0 heterocycles. The minimum Gasteiger partial charge on any atom is -0.352 e. The van der Waals surface area contributed by atoms with Crippen molar-refractivity contribution in [1.82, 2.24) is 10.2 Å². The lowest BCUT2D eigenvalue weighted by Gasteiger charge is -2.32. The molecule has 2 rings (SSSR count). The number of carbonyl (C=O) groups is 2. The zero-order valence-corrected chi connectivity index (χ0v) is 21.9. The number of aryl methyl sites for hydroxylation is 2. The van der Waals surface area contributed by atoms with E-state index in [1.54, 1.807) is 19.1 Å². The van der Waals surface area contributed by atoms with E-state index in [4.69, 9.17) is 0 Å². The van der Waals surface area contributed by atoms with Crippen LogP contribution in [0.4, 0.5) is 5.69 Å². The van der Waals surface area contributed by atoms with Gasteiger partial charge in [-0.15, -0.1) is 0 Å². The Balaban J connectivity index is 2.41. The molecule has 0 unspecified atom stereocenters. The third-order valence-electron chi connectivity index (χ3n) is 5.96. The summed E-state index contributed by atoms with van der Waals surface area (Å²) in [6.07, 6.45) is 2.48. The number of nitrogens with one attached hydrogen (secondary N) is 1. The first-order valence-electron chi connectivity index (χ1n) is 11.7. The molecule has 0 aliphatic rings. The van der Waals surface area contributed by atoms with Gasteiger partial charge in [0.15, 0.2) is 0 Å². The average Bonchev–Trinajstić information content (AvgIpc) is 2.80. The van der Waals surface area contributed by atoms with Crippen LogP contribution in [0.3, 0.4) is 0 Å². The van der Waals surface area contributed by atoms with Crippen LogP contribution < -0.4 is 9.62 Å². The van der Waals surface area contributed by atoms with Gasteiger partial charge in [0, 0.05) is 12.6 Å². The number of benzene rings is 2.